The van der Waals surface area contributed by atoms with Gasteiger partial charge in [0.2, 0.25) is 5.91 Å². The number of amides is 1. The van der Waals surface area contributed by atoms with Crippen LogP contribution in [0.2, 0.25) is 0 Å². The van der Waals surface area contributed by atoms with Gasteiger partial charge in [0.1, 0.15) is 5.75 Å². The molecular weight excluding hydrogens is 458 g/mol. The standard InChI is InChI=1S/C32H39N3O2/c1-4-10-23(2)22-37-28-17-15-26(16-18-28)31(35-32(36)24(3)25-11-6-5-7-12-25)21-33-19-27-20-34-30-14-9-8-13-29(27)30/h5-9,11-18,20,23-24,31,33-34H,4,10,19,21-22H2,1-3H3,(H,35,36)/t23?,24-,31-/m0/s1. The van der Waals surface area contributed by atoms with E-state index in [-0.39, 0.29) is 17.9 Å². The number of aromatic nitrogens is 1. The monoisotopic (exact) mass is 497 g/mol. The van der Waals surface area contributed by atoms with Crippen LogP contribution in [0.3, 0.4) is 0 Å². The fraction of sp³-hybridized carbons (Fsp3) is 0.344. The van der Waals surface area contributed by atoms with Crippen molar-refractivity contribution in [3.8, 4) is 5.75 Å². The third-order valence-corrected chi connectivity index (χ3v) is 6.95. The van der Waals surface area contributed by atoms with Crippen molar-refractivity contribution in [1.82, 2.24) is 15.6 Å². The van der Waals surface area contributed by atoms with Gasteiger partial charge in [0.25, 0.3) is 0 Å². The Morgan fingerprint density at radius 3 is 2.41 bits per heavy atom. The second-order valence-corrected chi connectivity index (χ2v) is 9.96. The lowest BCUT2D eigenvalue weighted by Gasteiger charge is -2.23. The number of benzene rings is 3. The molecule has 1 aromatic heterocycles. The van der Waals surface area contributed by atoms with E-state index in [2.05, 4.69) is 66.0 Å². The molecule has 4 rings (SSSR count). The predicted octanol–water partition coefficient (Wildman–Crippen LogP) is 6.73. The van der Waals surface area contributed by atoms with Crippen LogP contribution in [0.4, 0.5) is 0 Å². The van der Waals surface area contributed by atoms with Gasteiger partial charge in [0, 0.05) is 30.2 Å². The molecule has 3 atom stereocenters. The van der Waals surface area contributed by atoms with Crippen molar-refractivity contribution in [1.29, 1.82) is 0 Å². The Kier molecular flexibility index (Phi) is 9.39. The second kappa shape index (κ2) is 13.1. The van der Waals surface area contributed by atoms with Crippen LogP contribution in [0, 0.1) is 5.92 Å². The lowest BCUT2D eigenvalue weighted by molar-refractivity contribution is -0.123. The summed E-state index contributed by atoms with van der Waals surface area (Å²) in [7, 11) is 0. The summed E-state index contributed by atoms with van der Waals surface area (Å²) >= 11 is 0. The summed E-state index contributed by atoms with van der Waals surface area (Å²) in [5.74, 6) is 1.17. The zero-order valence-corrected chi connectivity index (χ0v) is 22.2. The average molecular weight is 498 g/mol. The van der Waals surface area contributed by atoms with Gasteiger partial charge < -0.3 is 20.4 Å². The van der Waals surface area contributed by atoms with E-state index in [0.29, 0.717) is 25.6 Å². The Labute approximate surface area is 220 Å². The summed E-state index contributed by atoms with van der Waals surface area (Å²) in [6.07, 6.45) is 4.38. The zero-order chi connectivity index (χ0) is 26.0. The lowest BCUT2D eigenvalue weighted by Crippen LogP contribution is -2.37. The summed E-state index contributed by atoms with van der Waals surface area (Å²) < 4.78 is 6.00. The van der Waals surface area contributed by atoms with Gasteiger partial charge in [-0.15, -0.1) is 0 Å². The third kappa shape index (κ3) is 7.23. The number of ether oxygens (including phenoxy) is 1. The minimum absolute atomic E-state index is 0.0128. The van der Waals surface area contributed by atoms with Crippen LogP contribution < -0.4 is 15.4 Å². The van der Waals surface area contributed by atoms with Crippen molar-refractivity contribution in [2.45, 2.75) is 52.1 Å². The van der Waals surface area contributed by atoms with Crippen LogP contribution in [0.15, 0.2) is 85.1 Å². The smallest absolute Gasteiger partial charge is 0.227 e. The van der Waals surface area contributed by atoms with Crippen molar-refractivity contribution in [3.05, 3.63) is 102 Å². The molecule has 3 aromatic carbocycles. The third-order valence-electron chi connectivity index (χ3n) is 6.95. The normalized spacial score (nSPS) is 13.7. The van der Waals surface area contributed by atoms with Crippen LogP contribution in [-0.2, 0) is 11.3 Å². The summed E-state index contributed by atoms with van der Waals surface area (Å²) in [6.45, 7) is 8.41. The number of aromatic amines is 1. The molecule has 0 bridgehead atoms. The van der Waals surface area contributed by atoms with Crippen molar-refractivity contribution < 1.29 is 9.53 Å². The molecule has 1 unspecified atom stereocenters. The van der Waals surface area contributed by atoms with E-state index in [0.717, 1.165) is 35.2 Å². The van der Waals surface area contributed by atoms with Crippen LogP contribution in [0.5, 0.6) is 5.75 Å². The molecule has 0 fully saturated rings. The van der Waals surface area contributed by atoms with E-state index in [9.17, 15) is 4.79 Å². The Hall–Kier alpha value is -3.57. The molecule has 1 heterocycles. The molecule has 0 spiro atoms. The maximum Gasteiger partial charge on any atom is 0.227 e. The Bertz CT molecular complexity index is 1250. The van der Waals surface area contributed by atoms with E-state index in [1.165, 1.54) is 10.9 Å². The molecule has 5 heteroatoms. The number of H-pyrrole nitrogens is 1. The predicted molar refractivity (Wildman–Crippen MR) is 152 cm³/mol. The maximum absolute atomic E-state index is 13.2. The minimum Gasteiger partial charge on any atom is -0.493 e. The number of carbonyl (C=O) groups excluding carboxylic acids is 1. The molecule has 0 aliphatic heterocycles. The van der Waals surface area contributed by atoms with Crippen molar-refractivity contribution in [2.24, 2.45) is 5.92 Å². The van der Waals surface area contributed by atoms with Gasteiger partial charge >= 0.3 is 0 Å². The van der Waals surface area contributed by atoms with E-state index in [1.54, 1.807) is 0 Å². The first-order valence-corrected chi connectivity index (χ1v) is 13.4. The SMILES string of the molecule is CCCC(C)COc1ccc([C@H](CNCc2c[nH]c3ccccc23)NC(=O)[C@@H](C)c2ccccc2)cc1. The first kappa shape index (κ1) is 26.5. The van der Waals surface area contributed by atoms with Gasteiger partial charge in [-0.2, -0.15) is 0 Å². The maximum atomic E-state index is 13.2. The van der Waals surface area contributed by atoms with Gasteiger partial charge in [-0.1, -0.05) is 80.9 Å². The number of fused-ring (bicyclic) bond motifs is 1. The number of hydrogen-bond acceptors (Lipinski definition) is 3. The summed E-state index contributed by atoms with van der Waals surface area (Å²) in [5, 5.41) is 8.07. The highest BCUT2D eigenvalue weighted by Crippen LogP contribution is 2.22. The average Bonchev–Trinajstić information content (AvgIpc) is 3.35. The molecule has 0 aliphatic rings. The van der Waals surface area contributed by atoms with Gasteiger partial charge in [-0.25, -0.2) is 0 Å². The number of hydrogen-bond donors (Lipinski definition) is 3. The molecule has 1 amide bonds. The van der Waals surface area contributed by atoms with Crippen LogP contribution in [-0.4, -0.2) is 24.0 Å². The van der Waals surface area contributed by atoms with Crippen LogP contribution in [0.1, 0.15) is 62.3 Å². The largest absolute Gasteiger partial charge is 0.493 e. The first-order chi connectivity index (χ1) is 18.0. The molecule has 5 nitrogen and oxygen atoms in total. The van der Waals surface area contributed by atoms with Crippen LogP contribution >= 0.6 is 0 Å². The quantitative estimate of drug-likeness (QED) is 0.192. The fourth-order valence-corrected chi connectivity index (χ4v) is 4.68. The zero-order valence-electron chi connectivity index (χ0n) is 22.2. The topological polar surface area (TPSA) is 66.2 Å². The molecule has 194 valence electrons. The molecule has 0 aliphatic carbocycles. The molecule has 37 heavy (non-hydrogen) atoms. The molecule has 3 N–H and O–H groups in total. The Morgan fingerprint density at radius 1 is 0.919 bits per heavy atom. The molecular formula is C32H39N3O2. The molecule has 0 radical (unpaired) electrons. The van der Waals surface area contributed by atoms with E-state index >= 15 is 0 Å². The fourth-order valence-electron chi connectivity index (χ4n) is 4.68. The van der Waals surface area contributed by atoms with Crippen molar-refractivity contribution >= 4 is 16.8 Å². The summed E-state index contributed by atoms with van der Waals surface area (Å²) in [6, 6.07) is 26.2. The molecule has 0 saturated heterocycles. The van der Waals surface area contributed by atoms with Crippen LogP contribution in [0.25, 0.3) is 10.9 Å². The van der Waals surface area contributed by atoms with Gasteiger partial charge in [-0.3, -0.25) is 4.79 Å². The van der Waals surface area contributed by atoms with E-state index in [4.69, 9.17) is 4.74 Å². The van der Waals surface area contributed by atoms with Gasteiger partial charge in [0.15, 0.2) is 0 Å². The van der Waals surface area contributed by atoms with Gasteiger partial charge in [0.05, 0.1) is 18.6 Å². The Morgan fingerprint density at radius 2 is 1.65 bits per heavy atom. The lowest BCUT2D eigenvalue weighted by atomic mass is 9.99. The summed E-state index contributed by atoms with van der Waals surface area (Å²) in [4.78, 5) is 16.6. The minimum atomic E-state index is -0.236. The van der Waals surface area contributed by atoms with E-state index in [1.807, 2.05) is 55.5 Å². The van der Waals surface area contributed by atoms with Crippen molar-refractivity contribution in [3.63, 3.8) is 0 Å². The number of para-hydroxylation sites is 1. The first-order valence-electron chi connectivity index (χ1n) is 13.4. The highest BCUT2D eigenvalue weighted by molar-refractivity contribution is 5.84. The number of nitrogens with one attached hydrogen (secondary N) is 3. The summed E-state index contributed by atoms with van der Waals surface area (Å²) in [5.41, 5.74) is 4.40. The molecule has 0 saturated carbocycles. The number of carbonyl (C=O) groups is 1. The Balaban J connectivity index is 1.44. The second-order valence-electron chi connectivity index (χ2n) is 9.96. The highest BCUT2D eigenvalue weighted by atomic mass is 16.5. The van der Waals surface area contributed by atoms with Crippen molar-refractivity contribution in [2.75, 3.05) is 13.2 Å². The van der Waals surface area contributed by atoms with E-state index < -0.39 is 0 Å². The number of rotatable bonds is 13. The van der Waals surface area contributed by atoms with Gasteiger partial charge in [-0.05, 0) is 54.2 Å². The highest BCUT2D eigenvalue weighted by Gasteiger charge is 2.20. The molecule has 4 aromatic rings.